The Balaban J connectivity index is 1.07. The first kappa shape index (κ1) is 27.2. The number of hydrogen-bond acceptors (Lipinski definition) is 8. The third kappa shape index (κ3) is 6.97. The van der Waals surface area contributed by atoms with Gasteiger partial charge in [-0.05, 0) is 80.9 Å². The second-order valence-electron chi connectivity index (χ2n) is 11.3. The topological polar surface area (TPSA) is 158 Å². The van der Waals surface area contributed by atoms with Crippen LogP contribution in [0.1, 0.15) is 59.5 Å². The van der Waals surface area contributed by atoms with Crippen LogP contribution in [0.4, 0.5) is 4.79 Å². The highest BCUT2D eigenvalue weighted by molar-refractivity contribution is 7.14. The minimum Gasteiger partial charge on any atom is -0.480 e. The van der Waals surface area contributed by atoms with Crippen LogP contribution in [0.2, 0.25) is 0 Å². The summed E-state index contributed by atoms with van der Waals surface area (Å²) in [5.41, 5.74) is 0.0337. The van der Waals surface area contributed by atoms with Crippen LogP contribution in [0.5, 0.6) is 0 Å². The van der Waals surface area contributed by atoms with Crippen molar-refractivity contribution in [3.05, 3.63) is 28.0 Å². The molecule has 4 fully saturated rings. The summed E-state index contributed by atoms with van der Waals surface area (Å²) in [6.07, 6.45) is 10.2. The van der Waals surface area contributed by atoms with Crippen molar-refractivity contribution in [1.29, 1.82) is 0 Å². The monoisotopic (exact) mass is 557 g/mol. The molecular formula is C27H35N5O6S. The van der Waals surface area contributed by atoms with Gasteiger partial charge in [0.15, 0.2) is 5.96 Å². The molecule has 3 amide bonds. The molecule has 11 nitrogen and oxygen atoms in total. The van der Waals surface area contributed by atoms with E-state index in [1.807, 2.05) is 0 Å². The van der Waals surface area contributed by atoms with Crippen LogP contribution >= 0.6 is 11.3 Å². The molecule has 1 aliphatic heterocycles. The molecule has 4 bridgehead atoms. The van der Waals surface area contributed by atoms with Crippen molar-refractivity contribution in [2.24, 2.45) is 28.2 Å². The normalized spacial score (nSPS) is 27.8. The van der Waals surface area contributed by atoms with Crippen molar-refractivity contribution < 1.29 is 29.0 Å². The number of nitrogens with one attached hydrogen (secondary N) is 4. The van der Waals surface area contributed by atoms with Gasteiger partial charge in [-0.3, -0.25) is 19.9 Å². The molecule has 0 radical (unpaired) electrons. The number of ether oxygens (including phenoxy) is 1. The molecule has 0 aromatic carbocycles. The molecule has 0 saturated heterocycles. The lowest BCUT2D eigenvalue weighted by atomic mass is 9.50. The van der Waals surface area contributed by atoms with E-state index in [2.05, 4.69) is 26.3 Å². The number of carbonyl (C=O) groups is 4. The van der Waals surface area contributed by atoms with Crippen molar-refractivity contribution in [2.45, 2.75) is 51.0 Å². The van der Waals surface area contributed by atoms with Crippen LogP contribution in [0, 0.1) is 23.2 Å². The number of hydrogen-bond donors (Lipinski definition) is 5. The number of guanidine groups is 1. The van der Waals surface area contributed by atoms with Crippen LogP contribution in [-0.2, 0) is 14.3 Å². The Morgan fingerprint density at radius 2 is 1.87 bits per heavy atom. The van der Waals surface area contributed by atoms with Crippen LogP contribution in [0.3, 0.4) is 0 Å². The van der Waals surface area contributed by atoms with Crippen molar-refractivity contribution in [1.82, 2.24) is 21.3 Å². The number of aliphatic imine (C=N–C) groups is 1. The number of carboxylic acid groups (broad SMARTS) is 1. The molecular weight excluding hydrogens is 522 g/mol. The zero-order valence-electron chi connectivity index (χ0n) is 21.7. The minimum atomic E-state index is -1.32. The van der Waals surface area contributed by atoms with E-state index in [1.54, 1.807) is 18.2 Å². The lowest BCUT2D eigenvalue weighted by Gasteiger charge is -2.56. The fourth-order valence-corrected chi connectivity index (χ4v) is 7.68. The third-order valence-corrected chi connectivity index (χ3v) is 9.17. The molecule has 0 spiro atoms. The molecule has 0 unspecified atom stereocenters. The van der Waals surface area contributed by atoms with Crippen LogP contribution in [0.15, 0.2) is 23.2 Å². The SMILES string of the molecule is O=C(/C=C/c1ccc(C(=O)NC[C@H](NC(=O)OCC23CC4CC(CC(C4)C2)C3)C(=O)O)s1)NC1=NCCCN1. The smallest absolute Gasteiger partial charge is 0.407 e. The van der Waals surface area contributed by atoms with E-state index >= 15 is 0 Å². The van der Waals surface area contributed by atoms with Gasteiger partial charge in [-0.25, -0.2) is 9.59 Å². The van der Waals surface area contributed by atoms with Gasteiger partial charge in [0, 0.05) is 36.0 Å². The van der Waals surface area contributed by atoms with E-state index in [1.165, 1.54) is 25.3 Å². The lowest BCUT2D eigenvalue weighted by Crippen LogP contribution is -2.51. The molecule has 39 heavy (non-hydrogen) atoms. The van der Waals surface area contributed by atoms with Crippen molar-refractivity contribution in [3.63, 3.8) is 0 Å². The summed E-state index contributed by atoms with van der Waals surface area (Å²) >= 11 is 1.15. The number of carboxylic acids is 1. The van der Waals surface area contributed by atoms with E-state index < -0.39 is 24.0 Å². The molecule has 4 saturated carbocycles. The van der Waals surface area contributed by atoms with Gasteiger partial charge >= 0.3 is 12.1 Å². The van der Waals surface area contributed by atoms with Crippen molar-refractivity contribution in [3.8, 4) is 0 Å². The van der Waals surface area contributed by atoms with Gasteiger partial charge in [-0.1, -0.05) is 0 Å². The lowest BCUT2D eigenvalue weighted by molar-refractivity contribution is -0.139. The average molecular weight is 558 g/mol. The van der Waals surface area contributed by atoms with Gasteiger partial charge in [-0.15, -0.1) is 11.3 Å². The highest BCUT2D eigenvalue weighted by atomic mass is 32.1. The average Bonchev–Trinajstić information content (AvgIpc) is 3.38. The van der Waals surface area contributed by atoms with E-state index in [0.717, 1.165) is 61.3 Å². The summed E-state index contributed by atoms with van der Waals surface area (Å²) in [7, 11) is 0. The molecule has 2 heterocycles. The van der Waals surface area contributed by atoms with Crippen molar-refractivity contribution >= 4 is 47.2 Å². The Kier molecular flexibility index (Phi) is 8.20. The summed E-state index contributed by atoms with van der Waals surface area (Å²) in [6.45, 7) is 1.45. The van der Waals surface area contributed by atoms with Crippen LogP contribution in [0.25, 0.3) is 6.08 Å². The Morgan fingerprint density at radius 1 is 1.15 bits per heavy atom. The summed E-state index contributed by atoms with van der Waals surface area (Å²) in [5, 5.41) is 20.2. The first-order chi connectivity index (χ1) is 18.8. The number of aliphatic carboxylic acids is 1. The zero-order valence-corrected chi connectivity index (χ0v) is 22.6. The van der Waals surface area contributed by atoms with Crippen LogP contribution < -0.4 is 21.3 Å². The van der Waals surface area contributed by atoms with E-state index in [-0.39, 0.29) is 17.9 Å². The summed E-state index contributed by atoms with van der Waals surface area (Å²) in [5.74, 6) is 0.547. The molecule has 210 valence electrons. The predicted octanol–water partition coefficient (Wildman–Crippen LogP) is 2.35. The van der Waals surface area contributed by atoms with Crippen LogP contribution in [-0.4, -0.2) is 67.2 Å². The molecule has 1 atom stereocenters. The number of alkyl carbamates (subject to hydrolysis) is 1. The summed E-state index contributed by atoms with van der Waals surface area (Å²) < 4.78 is 5.52. The van der Waals surface area contributed by atoms with Gasteiger partial charge in [-0.2, -0.15) is 0 Å². The minimum absolute atomic E-state index is 0.0337. The maximum Gasteiger partial charge on any atom is 0.407 e. The molecule has 5 aliphatic rings. The number of thiophene rings is 1. The van der Waals surface area contributed by atoms with Gasteiger partial charge in [0.2, 0.25) is 0 Å². The molecule has 12 heteroatoms. The van der Waals surface area contributed by atoms with E-state index in [0.29, 0.717) is 28.9 Å². The summed E-state index contributed by atoms with van der Waals surface area (Å²) in [6, 6.07) is 1.96. The Bertz CT molecular complexity index is 1140. The molecule has 1 aromatic rings. The molecule has 5 N–H and O–H groups in total. The Morgan fingerprint density at radius 3 is 2.51 bits per heavy atom. The van der Waals surface area contributed by atoms with Gasteiger partial charge < -0.3 is 25.8 Å². The van der Waals surface area contributed by atoms with E-state index in [4.69, 9.17) is 4.74 Å². The first-order valence-electron chi connectivity index (χ1n) is 13.6. The second kappa shape index (κ2) is 11.8. The Labute approximate surface area is 230 Å². The number of rotatable bonds is 9. The largest absolute Gasteiger partial charge is 0.480 e. The Hall–Kier alpha value is -3.41. The first-order valence-corrected chi connectivity index (χ1v) is 14.4. The van der Waals surface area contributed by atoms with Gasteiger partial charge in [0.25, 0.3) is 11.8 Å². The van der Waals surface area contributed by atoms with Crippen molar-refractivity contribution in [2.75, 3.05) is 26.2 Å². The molecule has 6 rings (SSSR count). The fraction of sp³-hybridized carbons (Fsp3) is 0.593. The van der Waals surface area contributed by atoms with E-state index in [9.17, 15) is 24.3 Å². The third-order valence-electron chi connectivity index (χ3n) is 8.12. The number of nitrogens with zero attached hydrogens (tertiary/aromatic N) is 1. The van der Waals surface area contributed by atoms with Gasteiger partial charge in [0.1, 0.15) is 6.04 Å². The highest BCUT2D eigenvalue weighted by Crippen LogP contribution is 2.60. The quantitative estimate of drug-likeness (QED) is 0.292. The maximum atomic E-state index is 12.6. The highest BCUT2D eigenvalue weighted by Gasteiger charge is 2.51. The maximum absolute atomic E-state index is 12.6. The second-order valence-corrected chi connectivity index (χ2v) is 12.4. The molecule has 4 aliphatic carbocycles. The summed E-state index contributed by atoms with van der Waals surface area (Å²) in [4.78, 5) is 54.1. The number of carbonyl (C=O) groups excluding carboxylic acids is 3. The van der Waals surface area contributed by atoms with Gasteiger partial charge in [0.05, 0.1) is 11.5 Å². The fourth-order valence-electron chi connectivity index (χ4n) is 6.85. The number of amides is 3. The predicted molar refractivity (Wildman–Crippen MR) is 145 cm³/mol. The standard InChI is InChI=1S/C27H35N5O6S/c33-22(32-25-28-6-1-7-29-25)5-3-19-2-4-21(39-19)23(34)30-14-20(24(35)36)31-26(37)38-15-27-11-16-8-17(12-27)10-18(9-16)13-27/h2-5,16-18,20H,1,6-15H2,(H,30,34)(H,31,37)(H,35,36)(H2,28,29,32,33)/b5-3+/t16?,17?,18?,20-,27?/m0/s1. The molecule has 1 aromatic heterocycles. The zero-order chi connectivity index (χ0) is 27.4.